The van der Waals surface area contributed by atoms with E-state index in [2.05, 4.69) is 0 Å². The molecular weight excluding hydrogens is 190 g/mol. The lowest BCUT2D eigenvalue weighted by atomic mass is 9.92. The molecule has 0 aliphatic heterocycles. The summed E-state index contributed by atoms with van der Waals surface area (Å²) in [6, 6.07) is 6.80. The Morgan fingerprint density at radius 3 is 2.27 bits per heavy atom. The van der Waals surface area contributed by atoms with Gasteiger partial charge in [-0.25, -0.2) is 0 Å². The van der Waals surface area contributed by atoms with Crippen LogP contribution in [0.1, 0.15) is 27.2 Å². The molecule has 0 aliphatic rings. The van der Waals surface area contributed by atoms with Crippen molar-refractivity contribution in [2.75, 3.05) is 5.73 Å². The second-order valence-electron chi connectivity index (χ2n) is 4.78. The standard InChI is InChI=1S/C12H17NO2/c1-12(2,3)8-11(14)15-10-6-4-9(13)5-7-10/h4-7H,8,13H2,1-3H3. The van der Waals surface area contributed by atoms with Crippen molar-refractivity contribution in [2.45, 2.75) is 27.2 Å². The minimum atomic E-state index is -0.215. The first-order chi connectivity index (χ1) is 6.87. The van der Waals surface area contributed by atoms with E-state index >= 15 is 0 Å². The molecule has 1 rings (SSSR count). The zero-order valence-corrected chi connectivity index (χ0v) is 9.41. The fraction of sp³-hybridized carbons (Fsp3) is 0.417. The van der Waals surface area contributed by atoms with Gasteiger partial charge in [-0.3, -0.25) is 4.79 Å². The van der Waals surface area contributed by atoms with E-state index in [0.29, 0.717) is 17.9 Å². The molecule has 0 unspecified atom stereocenters. The molecule has 3 heteroatoms. The van der Waals surface area contributed by atoms with Crippen molar-refractivity contribution in [3.8, 4) is 5.75 Å². The van der Waals surface area contributed by atoms with Crippen LogP contribution in [0.25, 0.3) is 0 Å². The third-order valence-electron chi connectivity index (χ3n) is 1.79. The van der Waals surface area contributed by atoms with E-state index in [-0.39, 0.29) is 11.4 Å². The van der Waals surface area contributed by atoms with E-state index < -0.39 is 0 Å². The van der Waals surface area contributed by atoms with Gasteiger partial charge in [0.05, 0.1) is 6.42 Å². The number of hydrogen-bond acceptors (Lipinski definition) is 3. The third kappa shape index (κ3) is 4.49. The lowest BCUT2D eigenvalue weighted by Gasteiger charge is -2.16. The molecule has 0 heterocycles. The molecule has 3 nitrogen and oxygen atoms in total. The van der Waals surface area contributed by atoms with Crippen molar-refractivity contribution in [2.24, 2.45) is 5.41 Å². The van der Waals surface area contributed by atoms with E-state index in [1.54, 1.807) is 24.3 Å². The highest BCUT2D eigenvalue weighted by atomic mass is 16.5. The first-order valence-electron chi connectivity index (χ1n) is 4.93. The average Bonchev–Trinajstić information content (AvgIpc) is 2.05. The highest BCUT2D eigenvalue weighted by Gasteiger charge is 2.17. The van der Waals surface area contributed by atoms with Crippen molar-refractivity contribution >= 4 is 11.7 Å². The van der Waals surface area contributed by atoms with Gasteiger partial charge in [0.15, 0.2) is 0 Å². The third-order valence-corrected chi connectivity index (χ3v) is 1.79. The number of nitrogen functional groups attached to an aromatic ring is 1. The molecule has 0 atom stereocenters. The molecule has 0 saturated heterocycles. The fourth-order valence-corrected chi connectivity index (χ4v) is 1.14. The van der Waals surface area contributed by atoms with E-state index in [9.17, 15) is 4.79 Å². The summed E-state index contributed by atoms with van der Waals surface area (Å²) >= 11 is 0. The van der Waals surface area contributed by atoms with E-state index in [1.165, 1.54) is 0 Å². The molecule has 82 valence electrons. The molecule has 0 saturated carbocycles. The molecule has 0 bridgehead atoms. The Balaban J connectivity index is 2.55. The molecule has 1 aromatic rings. The summed E-state index contributed by atoms with van der Waals surface area (Å²) < 4.78 is 5.15. The molecule has 0 radical (unpaired) electrons. The van der Waals surface area contributed by atoms with Crippen LogP contribution in [0.4, 0.5) is 5.69 Å². The normalized spacial score (nSPS) is 11.1. The highest BCUT2D eigenvalue weighted by Crippen LogP contribution is 2.20. The summed E-state index contributed by atoms with van der Waals surface area (Å²) in [4.78, 5) is 11.5. The lowest BCUT2D eigenvalue weighted by molar-refractivity contribution is -0.136. The predicted octanol–water partition coefficient (Wildman–Crippen LogP) is 2.61. The molecule has 0 spiro atoms. The Morgan fingerprint density at radius 1 is 1.27 bits per heavy atom. The molecule has 0 aromatic heterocycles. The number of ether oxygens (including phenoxy) is 1. The van der Waals surface area contributed by atoms with Crippen molar-refractivity contribution in [3.63, 3.8) is 0 Å². The van der Waals surface area contributed by atoms with Crippen LogP contribution in [0.3, 0.4) is 0 Å². The largest absolute Gasteiger partial charge is 0.427 e. The molecule has 0 amide bonds. The summed E-state index contributed by atoms with van der Waals surface area (Å²) in [7, 11) is 0. The van der Waals surface area contributed by atoms with E-state index in [0.717, 1.165) is 0 Å². The van der Waals surface area contributed by atoms with Gasteiger partial charge in [-0.05, 0) is 29.7 Å². The minimum Gasteiger partial charge on any atom is -0.427 e. The second kappa shape index (κ2) is 4.34. The first-order valence-corrected chi connectivity index (χ1v) is 4.93. The number of benzene rings is 1. The Kier molecular flexibility index (Phi) is 3.35. The van der Waals surface area contributed by atoms with Crippen LogP contribution in [0.15, 0.2) is 24.3 Å². The maximum atomic E-state index is 11.5. The van der Waals surface area contributed by atoms with Gasteiger partial charge in [0.2, 0.25) is 0 Å². The van der Waals surface area contributed by atoms with Crippen LogP contribution in [-0.4, -0.2) is 5.97 Å². The Hall–Kier alpha value is -1.51. The minimum absolute atomic E-state index is 0.0507. The van der Waals surface area contributed by atoms with Gasteiger partial charge >= 0.3 is 5.97 Å². The number of hydrogen-bond donors (Lipinski definition) is 1. The number of carbonyl (C=O) groups is 1. The van der Waals surface area contributed by atoms with Gasteiger partial charge in [0.1, 0.15) is 5.75 Å². The van der Waals surface area contributed by atoms with Crippen molar-refractivity contribution in [3.05, 3.63) is 24.3 Å². The topological polar surface area (TPSA) is 52.3 Å². The van der Waals surface area contributed by atoms with Crippen molar-refractivity contribution in [1.29, 1.82) is 0 Å². The Bertz CT molecular complexity index is 336. The maximum Gasteiger partial charge on any atom is 0.311 e. The van der Waals surface area contributed by atoms with E-state index in [4.69, 9.17) is 10.5 Å². The number of anilines is 1. The van der Waals surface area contributed by atoms with Crippen LogP contribution in [0.2, 0.25) is 0 Å². The first kappa shape index (κ1) is 11.6. The molecule has 15 heavy (non-hydrogen) atoms. The number of rotatable bonds is 2. The maximum absolute atomic E-state index is 11.5. The van der Waals surface area contributed by atoms with Crippen LogP contribution >= 0.6 is 0 Å². The van der Waals surface area contributed by atoms with Crippen LogP contribution < -0.4 is 10.5 Å². The highest BCUT2D eigenvalue weighted by molar-refractivity contribution is 5.73. The van der Waals surface area contributed by atoms with Crippen LogP contribution in [-0.2, 0) is 4.79 Å². The Morgan fingerprint density at radius 2 is 1.80 bits per heavy atom. The summed E-state index contributed by atoms with van der Waals surface area (Å²) in [6.45, 7) is 5.99. The number of esters is 1. The zero-order valence-electron chi connectivity index (χ0n) is 9.41. The summed E-state index contributed by atoms with van der Waals surface area (Å²) in [5, 5.41) is 0. The van der Waals surface area contributed by atoms with Gasteiger partial charge in [-0.15, -0.1) is 0 Å². The van der Waals surface area contributed by atoms with Gasteiger partial charge in [-0.1, -0.05) is 20.8 Å². The van der Waals surface area contributed by atoms with Crippen molar-refractivity contribution < 1.29 is 9.53 Å². The summed E-state index contributed by atoms with van der Waals surface area (Å²) in [5.41, 5.74) is 6.13. The smallest absolute Gasteiger partial charge is 0.311 e. The van der Waals surface area contributed by atoms with Crippen LogP contribution in [0, 0.1) is 5.41 Å². The van der Waals surface area contributed by atoms with Gasteiger partial charge < -0.3 is 10.5 Å². The monoisotopic (exact) mass is 207 g/mol. The molecular formula is C12H17NO2. The molecule has 0 aliphatic carbocycles. The summed E-state index contributed by atoms with van der Waals surface area (Å²) in [5.74, 6) is 0.325. The Labute approximate surface area is 90.2 Å². The quantitative estimate of drug-likeness (QED) is 0.460. The molecule has 2 N–H and O–H groups in total. The van der Waals surface area contributed by atoms with Gasteiger partial charge in [-0.2, -0.15) is 0 Å². The summed E-state index contributed by atoms with van der Waals surface area (Å²) in [6.07, 6.45) is 0.400. The zero-order chi connectivity index (χ0) is 11.5. The SMILES string of the molecule is CC(C)(C)CC(=O)Oc1ccc(N)cc1. The lowest BCUT2D eigenvalue weighted by Crippen LogP contribution is -2.17. The van der Waals surface area contributed by atoms with E-state index in [1.807, 2.05) is 20.8 Å². The van der Waals surface area contributed by atoms with Crippen LogP contribution in [0.5, 0.6) is 5.75 Å². The van der Waals surface area contributed by atoms with Gasteiger partial charge in [0, 0.05) is 5.69 Å². The number of carbonyl (C=O) groups excluding carboxylic acids is 1. The predicted molar refractivity (Wildman–Crippen MR) is 60.6 cm³/mol. The molecule has 0 fully saturated rings. The van der Waals surface area contributed by atoms with Gasteiger partial charge in [0.25, 0.3) is 0 Å². The van der Waals surface area contributed by atoms with Crippen molar-refractivity contribution in [1.82, 2.24) is 0 Å². The average molecular weight is 207 g/mol. The second-order valence-corrected chi connectivity index (χ2v) is 4.78. The fourth-order valence-electron chi connectivity index (χ4n) is 1.14. The number of nitrogens with two attached hydrogens (primary N) is 1. The molecule has 1 aromatic carbocycles.